The lowest BCUT2D eigenvalue weighted by Crippen LogP contribution is -2.20. The van der Waals surface area contributed by atoms with Crippen LogP contribution in [0.3, 0.4) is 0 Å². The second-order valence-electron chi connectivity index (χ2n) is 3.57. The van der Waals surface area contributed by atoms with E-state index in [2.05, 4.69) is 28.4 Å². The molecule has 1 aromatic carbocycles. The number of terminal acetylenes is 1. The Morgan fingerprint density at radius 1 is 1.38 bits per heavy atom. The number of aromatic nitrogens is 1. The van der Waals surface area contributed by atoms with Gasteiger partial charge in [-0.15, -0.1) is 6.42 Å². The molecule has 2 aromatic rings. The predicted octanol–water partition coefficient (Wildman–Crippen LogP) is 2.52. The van der Waals surface area contributed by atoms with Gasteiger partial charge in [-0.3, -0.25) is 10.3 Å². The predicted molar refractivity (Wildman–Crippen MR) is 67.0 cm³/mol. The lowest BCUT2D eigenvalue weighted by molar-refractivity contribution is 0.654. The van der Waals surface area contributed by atoms with Crippen LogP contribution in [0, 0.1) is 12.3 Å². The number of nitrogens with one attached hydrogen (secondary N) is 1. The van der Waals surface area contributed by atoms with Crippen LogP contribution in [-0.4, -0.2) is 11.5 Å². The van der Waals surface area contributed by atoms with Gasteiger partial charge in [-0.2, -0.15) is 0 Å². The quantitative estimate of drug-likeness (QED) is 0.787. The second kappa shape index (κ2) is 4.78. The highest BCUT2D eigenvalue weighted by Gasteiger charge is 2.11. The van der Waals surface area contributed by atoms with E-state index in [0.29, 0.717) is 0 Å². The van der Waals surface area contributed by atoms with Crippen LogP contribution in [0.1, 0.15) is 18.7 Å². The maximum absolute atomic E-state index is 5.53. The van der Waals surface area contributed by atoms with E-state index in [4.69, 9.17) is 6.42 Å². The fraction of sp³-hybridized carbons (Fsp3) is 0.214. The monoisotopic (exact) mass is 210 g/mol. The first-order valence-corrected chi connectivity index (χ1v) is 5.40. The highest BCUT2D eigenvalue weighted by atomic mass is 14.9. The van der Waals surface area contributed by atoms with Gasteiger partial charge in [0.15, 0.2) is 0 Å². The largest absolute Gasteiger partial charge is 0.299 e. The smallest absolute Gasteiger partial charge is 0.112 e. The summed E-state index contributed by atoms with van der Waals surface area (Å²) in [5.74, 6) is 2.74. The van der Waals surface area contributed by atoms with Crippen LogP contribution in [-0.2, 0) is 0 Å². The summed E-state index contributed by atoms with van der Waals surface area (Å²) in [6.07, 6.45) is 7.33. The van der Waals surface area contributed by atoms with Crippen molar-refractivity contribution in [2.24, 2.45) is 0 Å². The number of nitrogens with zero attached hydrogens (tertiary/aromatic N) is 1. The number of hydrogen-bond acceptors (Lipinski definition) is 2. The van der Waals surface area contributed by atoms with E-state index in [1.54, 1.807) is 6.20 Å². The molecule has 0 aliphatic rings. The topological polar surface area (TPSA) is 24.9 Å². The van der Waals surface area contributed by atoms with Crippen LogP contribution in [0.5, 0.6) is 0 Å². The van der Waals surface area contributed by atoms with E-state index < -0.39 is 0 Å². The summed E-state index contributed by atoms with van der Waals surface area (Å²) in [6.45, 7) is 2.87. The minimum atomic E-state index is -0.115. The van der Waals surface area contributed by atoms with Crippen LogP contribution < -0.4 is 5.32 Å². The molecule has 1 atom stereocenters. The lowest BCUT2D eigenvalue weighted by atomic mass is 10.1. The summed E-state index contributed by atoms with van der Waals surface area (Å²) in [5.41, 5.74) is 0.933. The van der Waals surface area contributed by atoms with Crippen molar-refractivity contribution in [3.63, 3.8) is 0 Å². The lowest BCUT2D eigenvalue weighted by Gasteiger charge is -2.13. The molecule has 2 heteroatoms. The van der Waals surface area contributed by atoms with Gasteiger partial charge < -0.3 is 0 Å². The molecule has 0 saturated carbocycles. The van der Waals surface area contributed by atoms with Crippen molar-refractivity contribution >= 4 is 10.8 Å². The molecular formula is C14H14N2. The standard InChI is InChI=1S/C14H14N2/c1-3-13(15-4-2)14-12-8-6-5-7-11(12)9-10-16-14/h1,5-10,13,15H,4H2,2H3. The normalized spacial score (nSPS) is 12.2. The third kappa shape index (κ3) is 1.91. The van der Waals surface area contributed by atoms with Crippen LogP contribution in [0.2, 0.25) is 0 Å². The molecular weight excluding hydrogens is 196 g/mol. The zero-order chi connectivity index (χ0) is 11.4. The third-order valence-corrected chi connectivity index (χ3v) is 2.55. The zero-order valence-corrected chi connectivity index (χ0v) is 9.27. The van der Waals surface area contributed by atoms with Crippen LogP contribution in [0.15, 0.2) is 36.5 Å². The van der Waals surface area contributed by atoms with Gasteiger partial charge in [-0.1, -0.05) is 37.1 Å². The summed E-state index contributed by atoms with van der Waals surface area (Å²) in [7, 11) is 0. The van der Waals surface area contributed by atoms with Crippen molar-refractivity contribution in [2.45, 2.75) is 13.0 Å². The summed E-state index contributed by atoms with van der Waals surface area (Å²) >= 11 is 0. The van der Waals surface area contributed by atoms with Crippen molar-refractivity contribution in [1.29, 1.82) is 0 Å². The Balaban J connectivity index is 2.55. The van der Waals surface area contributed by atoms with Crippen LogP contribution >= 0.6 is 0 Å². The first-order valence-electron chi connectivity index (χ1n) is 5.40. The van der Waals surface area contributed by atoms with Gasteiger partial charge in [0.05, 0.1) is 5.69 Å². The first-order chi connectivity index (χ1) is 7.86. The minimum absolute atomic E-state index is 0.115. The molecule has 0 fully saturated rings. The first kappa shape index (κ1) is 10.7. The zero-order valence-electron chi connectivity index (χ0n) is 9.27. The average molecular weight is 210 g/mol. The maximum atomic E-state index is 5.53. The summed E-state index contributed by atoms with van der Waals surface area (Å²) in [6, 6.07) is 10.0. The van der Waals surface area contributed by atoms with Crippen molar-refractivity contribution in [3.05, 3.63) is 42.2 Å². The van der Waals surface area contributed by atoms with E-state index in [0.717, 1.165) is 17.6 Å². The molecule has 0 amide bonds. The van der Waals surface area contributed by atoms with Crippen LogP contribution in [0.4, 0.5) is 0 Å². The molecule has 1 heterocycles. The molecule has 2 rings (SSSR count). The Labute approximate surface area is 95.7 Å². The number of fused-ring (bicyclic) bond motifs is 1. The molecule has 0 saturated heterocycles. The summed E-state index contributed by atoms with van der Waals surface area (Å²) in [4.78, 5) is 4.39. The maximum Gasteiger partial charge on any atom is 0.112 e. The van der Waals surface area contributed by atoms with Gasteiger partial charge in [-0.05, 0) is 18.0 Å². The summed E-state index contributed by atoms with van der Waals surface area (Å²) < 4.78 is 0. The van der Waals surface area contributed by atoms with Crippen LogP contribution in [0.25, 0.3) is 10.8 Å². The van der Waals surface area contributed by atoms with E-state index >= 15 is 0 Å². The Hall–Kier alpha value is -1.85. The molecule has 0 spiro atoms. The molecule has 1 aromatic heterocycles. The number of rotatable bonds is 3. The van der Waals surface area contributed by atoms with Crippen molar-refractivity contribution in [1.82, 2.24) is 10.3 Å². The molecule has 1 unspecified atom stereocenters. The van der Waals surface area contributed by atoms with E-state index in [1.165, 1.54) is 5.39 Å². The van der Waals surface area contributed by atoms with E-state index in [-0.39, 0.29) is 6.04 Å². The molecule has 1 N–H and O–H groups in total. The minimum Gasteiger partial charge on any atom is -0.299 e. The SMILES string of the molecule is C#CC(NCC)c1nccc2ccccc12. The molecule has 0 aliphatic heterocycles. The average Bonchev–Trinajstić information content (AvgIpc) is 2.35. The van der Waals surface area contributed by atoms with Gasteiger partial charge in [0.25, 0.3) is 0 Å². The molecule has 16 heavy (non-hydrogen) atoms. The van der Waals surface area contributed by atoms with Gasteiger partial charge >= 0.3 is 0 Å². The van der Waals surface area contributed by atoms with Gasteiger partial charge in [0.2, 0.25) is 0 Å². The summed E-state index contributed by atoms with van der Waals surface area (Å²) in [5, 5.41) is 5.53. The number of benzene rings is 1. The fourth-order valence-electron chi connectivity index (χ4n) is 1.81. The Morgan fingerprint density at radius 2 is 2.19 bits per heavy atom. The molecule has 2 nitrogen and oxygen atoms in total. The van der Waals surface area contributed by atoms with Crippen molar-refractivity contribution in [2.75, 3.05) is 6.54 Å². The van der Waals surface area contributed by atoms with Gasteiger partial charge in [0.1, 0.15) is 6.04 Å². The van der Waals surface area contributed by atoms with Crippen molar-refractivity contribution < 1.29 is 0 Å². The molecule has 0 aliphatic carbocycles. The number of hydrogen-bond donors (Lipinski definition) is 1. The molecule has 0 bridgehead atoms. The Morgan fingerprint density at radius 3 is 2.94 bits per heavy atom. The molecule has 0 radical (unpaired) electrons. The number of pyridine rings is 1. The highest BCUT2D eigenvalue weighted by Crippen LogP contribution is 2.21. The van der Waals surface area contributed by atoms with E-state index in [1.807, 2.05) is 25.1 Å². The fourth-order valence-corrected chi connectivity index (χ4v) is 1.81. The second-order valence-corrected chi connectivity index (χ2v) is 3.57. The highest BCUT2D eigenvalue weighted by molar-refractivity contribution is 5.84. The van der Waals surface area contributed by atoms with Crippen molar-refractivity contribution in [3.8, 4) is 12.3 Å². The van der Waals surface area contributed by atoms with Gasteiger partial charge in [0, 0.05) is 11.6 Å². The molecule has 80 valence electrons. The third-order valence-electron chi connectivity index (χ3n) is 2.55. The Kier molecular flexibility index (Phi) is 3.19. The van der Waals surface area contributed by atoms with Gasteiger partial charge in [-0.25, -0.2) is 0 Å². The van der Waals surface area contributed by atoms with E-state index in [9.17, 15) is 0 Å². The Bertz CT molecular complexity index is 520.